The molecule has 1 aromatic rings. The summed E-state index contributed by atoms with van der Waals surface area (Å²) in [5, 5.41) is 14.0. The third-order valence-corrected chi connectivity index (χ3v) is 4.72. The van der Waals surface area contributed by atoms with Crippen LogP contribution in [0, 0.1) is 16.0 Å². The summed E-state index contributed by atoms with van der Waals surface area (Å²) < 4.78 is 0. The van der Waals surface area contributed by atoms with Crippen molar-refractivity contribution in [3.05, 3.63) is 28.4 Å². The number of nitrogens with zero attached hydrogens (tertiary/aromatic N) is 3. The fourth-order valence-corrected chi connectivity index (χ4v) is 3.57. The molecule has 0 spiro atoms. The van der Waals surface area contributed by atoms with E-state index in [1.165, 1.54) is 44.0 Å². The minimum absolute atomic E-state index is 0.0888. The van der Waals surface area contributed by atoms with E-state index in [9.17, 15) is 10.1 Å². The number of piperidine rings is 1. The first-order chi connectivity index (χ1) is 9.63. The number of pyridine rings is 1. The molecular weight excluding hydrogens is 256 g/mol. The Morgan fingerprint density at radius 2 is 2.15 bits per heavy atom. The molecule has 6 heteroatoms. The van der Waals surface area contributed by atoms with Gasteiger partial charge in [-0.3, -0.25) is 10.1 Å². The number of fused-ring (bicyclic) bond motifs is 2. The molecule has 2 aliphatic rings. The number of aromatic nitrogens is 1. The average Bonchev–Trinajstić information content (AvgIpc) is 2.67. The van der Waals surface area contributed by atoms with Crippen LogP contribution in [-0.4, -0.2) is 40.5 Å². The Hall–Kier alpha value is -1.69. The second kappa shape index (κ2) is 5.36. The Balaban J connectivity index is 1.58. The predicted octanol–water partition coefficient (Wildman–Crippen LogP) is 2.27. The van der Waals surface area contributed by atoms with Gasteiger partial charge in [0.2, 0.25) is 0 Å². The fourth-order valence-electron chi connectivity index (χ4n) is 3.57. The van der Waals surface area contributed by atoms with Gasteiger partial charge >= 0.3 is 0 Å². The monoisotopic (exact) mass is 276 g/mol. The lowest BCUT2D eigenvalue weighted by atomic mass is 9.91. The molecule has 6 nitrogen and oxygen atoms in total. The minimum Gasteiger partial charge on any atom is -0.370 e. The van der Waals surface area contributed by atoms with Crippen LogP contribution in [0.5, 0.6) is 0 Å². The van der Waals surface area contributed by atoms with Crippen LogP contribution >= 0.6 is 0 Å². The van der Waals surface area contributed by atoms with E-state index >= 15 is 0 Å². The van der Waals surface area contributed by atoms with Crippen molar-refractivity contribution in [2.45, 2.75) is 37.8 Å². The van der Waals surface area contributed by atoms with Crippen LogP contribution in [0.1, 0.15) is 25.7 Å². The summed E-state index contributed by atoms with van der Waals surface area (Å²) in [6.07, 6.45) is 6.54. The predicted molar refractivity (Wildman–Crippen MR) is 76.7 cm³/mol. The maximum absolute atomic E-state index is 10.7. The normalized spacial score (nSPS) is 29.4. The highest BCUT2D eigenvalue weighted by Gasteiger charge is 2.38. The van der Waals surface area contributed by atoms with E-state index < -0.39 is 0 Å². The molecule has 1 aromatic heterocycles. The molecule has 20 heavy (non-hydrogen) atoms. The number of nitrogens with one attached hydrogen (secondary N) is 1. The van der Waals surface area contributed by atoms with Gasteiger partial charge in [0, 0.05) is 30.9 Å². The van der Waals surface area contributed by atoms with Crippen LogP contribution in [0.4, 0.5) is 11.5 Å². The maximum atomic E-state index is 10.7. The van der Waals surface area contributed by atoms with E-state index in [-0.39, 0.29) is 10.6 Å². The highest BCUT2D eigenvalue weighted by molar-refractivity contribution is 5.44. The summed E-state index contributed by atoms with van der Waals surface area (Å²) in [5.74, 6) is 1.25. The van der Waals surface area contributed by atoms with Gasteiger partial charge < -0.3 is 10.2 Å². The van der Waals surface area contributed by atoms with Crippen LogP contribution in [-0.2, 0) is 0 Å². The number of rotatable bonds is 4. The highest BCUT2D eigenvalue weighted by Crippen LogP contribution is 2.37. The quantitative estimate of drug-likeness (QED) is 0.674. The van der Waals surface area contributed by atoms with Gasteiger partial charge in [-0.25, -0.2) is 4.98 Å². The van der Waals surface area contributed by atoms with Gasteiger partial charge in [-0.05, 0) is 38.6 Å². The van der Waals surface area contributed by atoms with Crippen LogP contribution in [0.25, 0.3) is 0 Å². The van der Waals surface area contributed by atoms with E-state index in [1.807, 2.05) is 0 Å². The summed E-state index contributed by atoms with van der Waals surface area (Å²) in [7, 11) is 2.23. The molecule has 3 heterocycles. The van der Waals surface area contributed by atoms with Crippen LogP contribution in [0.3, 0.4) is 0 Å². The third kappa shape index (κ3) is 2.60. The van der Waals surface area contributed by atoms with E-state index in [2.05, 4.69) is 22.2 Å². The molecule has 2 fully saturated rings. The Bertz CT molecular complexity index is 494. The van der Waals surface area contributed by atoms with Crippen molar-refractivity contribution in [1.82, 2.24) is 9.88 Å². The first-order valence-corrected chi connectivity index (χ1v) is 7.19. The summed E-state index contributed by atoms with van der Waals surface area (Å²) in [6, 6.07) is 4.36. The molecule has 2 aliphatic heterocycles. The molecule has 2 unspecified atom stereocenters. The summed E-state index contributed by atoms with van der Waals surface area (Å²) in [6.45, 7) is 0.856. The lowest BCUT2D eigenvalue weighted by Crippen LogP contribution is -2.41. The third-order valence-electron chi connectivity index (χ3n) is 4.72. The van der Waals surface area contributed by atoms with Crippen LogP contribution in [0.2, 0.25) is 0 Å². The second-order valence-corrected chi connectivity index (χ2v) is 5.93. The van der Waals surface area contributed by atoms with Gasteiger partial charge in [0.05, 0.1) is 11.0 Å². The molecule has 0 saturated carbocycles. The molecule has 0 aliphatic carbocycles. The molecule has 2 saturated heterocycles. The average molecular weight is 276 g/mol. The van der Waals surface area contributed by atoms with Crippen LogP contribution < -0.4 is 5.32 Å². The van der Waals surface area contributed by atoms with Crippen molar-refractivity contribution in [3.63, 3.8) is 0 Å². The molecular formula is C14H20N4O2. The molecule has 2 bridgehead atoms. The van der Waals surface area contributed by atoms with Gasteiger partial charge in [-0.2, -0.15) is 0 Å². The lowest BCUT2D eigenvalue weighted by molar-refractivity contribution is -0.384. The molecule has 108 valence electrons. The summed E-state index contributed by atoms with van der Waals surface area (Å²) in [4.78, 5) is 17.0. The fraction of sp³-hybridized carbons (Fsp3) is 0.643. The molecule has 0 aromatic carbocycles. The highest BCUT2D eigenvalue weighted by atomic mass is 16.6. The first-order valence-electron chi connectivity index (χ1n) is 7.19. The SMILES string of the molecule is CN1C2CCC1CC(CNc1cc([N+](=O)[O-])ccn1)C2. The number of anilines is 1. The maximum Gasteiger partial charge on any atom is 0.274 e. The summed E-state index contributed by atoms with van der Waals surface area (Å²) >= 11 is 0. The molecule has 2 atom stereocenters. The molecule has 0 radical (unpaired) electrons. The lowest BCUT2D eigenvalue weighted by Gasteiger charge is -2.36. The zero-order chi connectivity index (χ0) is 14.1. The van der Waals surface area contributed by atoms with E-state index in [1.54, 1.807) is 0 Å². The van der Waals surface area contributed by atoms with Crippen molar-refractivity contribution < 1.29 is 4.92 Å². The topological polar surface area (TPSA) is 71.3 Å². The van der Waals surface area contributed by atoms with Gasteiger partial charge in [0.1, 0.15) is 5.82 Å². The number of nitro groups is 1. The second-order valence-electron chi connectivity index (χ2n) is 5.93. The number of hydrogen-bond acceptors (Lipinski definition) is 5. The van der Waals surface area contributed by atoms with Crippen molar-refractivity contribution in [1.29, 1.82) is 0 Å². The van der Waals surface area contributed by atoms with E-state index in [0.717, 1.165) is 18.6 Å². The van der Waals surface area contributed by atoms with Crippen molar-refractivity contribution in [2.75, 3.05) is 18.9 Å². The van der Waals surface area contributed by atoms with Gasteiger partial charge in [-0.1, -0.05) is 0 Å². The zero-order valence-corrected chi connectivity index (χ0v) is 11.7. The first kappa shape index (κ1) is 13.3. The largest absolute Gasteiger partial charge is 0.370 e. The van der Waals surface area contributed by atoms with E-state index in [0.29, 0.717) is 11.7 Å². The van der Waals surface area contributed by atoms with Crippen molar-refractivity contribution in [2.24, 2.45) is 5.92 Å². The van der Waals surface area contributed by atoms with Crippen molar-refractivity contribution in [3.8, 4) is 0 Å². The smallest absolute Gasteiger partial charge is 0.274 e. The Morgan fingerprint density at radius 1 is 1.45 bits per heavy atom. The number of hydrogen-bond donors (Lipinski definition) is 1. The Morgan fingerprint density at radius 3 is 2.80 bits per heavy atom. The van der Waals surface area contributed by atoms with Gasteiger partial charge in [0.25, 0.3) is 5.69 Å². The zero-order valence-electron chi connectivity index (χ0n) is 11.7. The molecule has 1 N–H and O–H groups in total. The molecule has 3 rings (SSSR count). The van der Waals surface area contributed by atoms with E-state index in [4.69, 9.17) is 0 Å². The summed E-state index contributed by atoms with van der Waals surface area (Å²) in [5.41, 5.74) is 0.0888. The van der Waals surface area contributed by atoms with Gasteiger partial charge in [0.15, 0.2) is 0 Å². The van der Waals surface area contributed by atoms with Crippen LogP contribution in [0.15, 0.2) is 18.3 Å². The standard InChI is InChI=1S/C14H20N4O2/c1-17-11-2-3-12(17)7-10(6-11)9-16-14-8-13(18(19)20)4-5-15-14/h4-5,8,10-12H,2-3,6-7,9H2,1H3,(H,15,16). The molecule has 0 amide bonds. The Labute approximate surface area is 118 Å². The minimum atomic E-state index is -0.386. The Kier molecular flexibility index (Phi) is 3.56. The van der Waals surface area contributed by atoms with Crippen molar-refractivity contribution >= 4 is 11.5 Å². The van der Waals surface area contributed by atoms with Gasteiger partial charge in [-0.15, -0.1) is 0 Å².